The average Bonchev–Trinajstić information content (AvgIpc) is 2.15. The molecule has 0 amide bonds. The second kappa shape index (κ2) is 5.39. The second-order valence-electron chi connectivity index (χ2n) is 3.53. The van der Waals surface area contributed by atoms with Crippen molar-refractivity contribution < 1.29 is 0 Å². The third-order valence-electron chi connectivity index (χ3n) is 2.34. The van der Waals surface area contributed by atoms with E-state index in [1.807, 2.05) is 0 Å². The van der Waals surface area contributed by atoms with Crippen LogP contribution >= 0.6 is 11.8 Å². The minimum Gasteiger partial charge on any atom is -0.271 e. The summed E-state index contributed by atoms with van der Waals surface area (Å²) in [5.41, 5.74) is 6.76. The lowest BCUT2D eigenvalue weighted by molar-refractivity contribution is 0.608. The number of rotatable bonds is 4. The quantitative estimate of drug-likeness (QED) is 0.591. The summed E-state index contributed by atoms with van der Waals surface area (Å²) in [7, 11) is 0. The summed E-state index contributed by atoms with van der Waals surface area (Å²) in [5, 5.41) is 0. The molecule has 1 atom stereocenters. The van der Waals surface area contributed by atoms with Gasteiger partial charge in [-0.2, -0.15) is 11.8 Å². The van der Waals surface area contributed by atoms with Crippen molar-refractivity contribution in [3.05, 3.63) is 34.9 Å². The van der Waals surface area contributed by atoms with Crippen LogP contribution in [0.4, 0.5) is 0 Å². The standard InChI is InChI=1S/C11H18N2S/c1-8-4-5-10(9(2)6-8)11(13-12)7-14-3/h4-6,11,13H,7,12H2,1-3H3. The highest BCUT2D eigenvalue weighted by molar-refractivity contribution is 7.98. The summed E-state index contributed by atoms with van der Waals surface area (Å²) in [6, 6.07) is 6.74. The summed E-state index contributed by atoms with van der Waals surface area (Å²) in [5.74, 6) is 6.53. The van der Waals surface area contributed by atoms with Crippen LogP contribution in [0.3, 0.4) is 0 Å². The van der Waals surface area contributed by atoms with Crippen molar-refractivity contribution in [2.75, 3.05) is 12.0 Å². The van der Waals surface area contributed by atoms with E-state index in [9.17, 15) is 0 Å². The van der Waals surface area contributed by atoms with Gasteiger partial charge in [-0.05, 0) is 31.2 Å². The molecule has 2 nitrogen and oxygen atoms in total. The molecule has 3 heteroatoms. The Kier molecular flexibility index (Phi) is 4.45. The first kappa shape index (κ1) is 11.6. The first-order valence-electron chi connectivity index (χ1n) is 4.71. The summed E-state index contributed by atoms with van der Waals surface area (Å²) < 4.78 is 0. The monoisotopic (exact) mass is 210 g/mol. The number of aryl methyl sites for hydroxylation is 2. The molecule has 0 radical (unpaired) electrons. The molecule has 0 aliphatic rings. The molecule has 1 aromatic carbocycles. The zero-order valence-electron chi connectivity index (χ0n) is 9.00. The van der Waals surface area contributed by atoms with Crippen LogP contribution in [0.2, 0.25) is 0 Å². The van der Waals surface area contributed by atoms with Gasteiger partial charge < -0.3 is 0 Å². The van der Waals surface area contributed by atoms with E-state index in [2.05, 4.69) is 43.7 Å². The molecule has 0 aliphatic carbocycles. The first-order valence-corrected chi connectivity index (χ1v) is 6.10. The predicted molar refractivity (Wildman–Crippen MR) is 64.4 cm³/mol. The molecule has 1 unspecified atom stereocenters. The van der Waals surface area contributed by atoms with Crippen molar-refractivity contribution >= 4 is 11.8 Å². The third kappa shape index (κ3) is 2.74. The molecule has 0 saturated heterocycles. The Morgan fingerprint density at radius 3 is 2.64 bits per heavy atom. The number of hydrogen-bond donors (Lipinski definition) is 2. The molecule has 0 aromatic heterocycles. The topological polar surface area (TPSA) is 38.0 Å². The Morgan fingerprint density at radius 2 is 2.14 bits per heavy atom. The molecule has 1 aromatic rings. The molecule has 78 valence electrons. The molecule has 0 aliphatic heterocycles. The maximum absolute atomic E-state index is 5.53. The summed E-state index contributed by atoms with van der Waals surface area (Å²) in [4.78, 5) is 0. The fraction of sp³-hybridized carbons (Fsp3) is 0.455. The van der Waals surface area contributed by atoms with Crippen LogP contribution in [0.15, 0.2) is 18.2 Å². The van der Waals surface area contributed by atoms with Gasteiger partial charge in [0.2, 0.25) is 0 Å². The van der Waals surface area contributed by atoms with Gasteiger partial charge in [-0.15, -0.1) is 0 Å². The maximum Gasteiger partial charge on any atom is 0.0552 e. The lowest BCUT2D eigenvalue weighted by atomic mass is 10.0. The minimum atomic E-state index is 0.255. The lowest BCUT2D eigenvalue weighted by Gasteiger charge is -2.17. The van der Waals surface area contributed by atoms with Crippen LogP contribution in [0, 0.1) is 13.8 Å². The van der Waals surface area contributed by atoms with Crippen molar-refractivity contribution in [2.45, 2.75) is 19.9 Å². The Balaban J connectivity index is 2.92. The SMILES string of the molecule is CSCC(NN)c1ccc(C)cc1C. The van der Waals surface area contributed by atoms with Crippen molar-refractivity contribution in [1.82, 2.24) is 5.43 Å². The van der Waals surface area contributed by atoms with Gasteiger partial charge in [0.15, 0.2) is 0 Å². The van der Waals surface area contributed by atoms with Crippen LogP contribution < -0.4 is 11.3 Å². The second-order valence-corrected chi connectivity index (χ2v) is 4.45. The number of benzene rings is 1. The summed E-state index contributed by atoms with van der Waals surface area (Å²) >= 11 is 1.80. The Morgan fingerprint density at radius 1 is 1.43 bits per heavy atom. The van der Waals surface area contributed by atoms with Crippen LogP contribution in [0.5, 0.6) is 0 Å². The van der Waals surface area contributed by atoms with Crippen LogP contribution in [-0.2, 0) is 0 Å². The fourth-order valence-corrected chi connectivity index (χ4v) is 2.22. The van der Waals surface area contributed by atoms with Gasteiger partial charge in [0.1, 0.15) is 0 Å². The van der Waals surface area contributed by atoms with Gasteiger partial charge in [-0.1, -0.05) is 23.8 Å². The predicted octanol–water partition coefficient (Wildman–Crippen LogP) is 2.17. The minimum absolute atomic E-state index is 0.255. The molecule has 14 heavy (non-hydrogen) atoms. The highest BCUT2D eigenvalue weighted by Gasteiger charge is 2.10. The van der Waals surface area contributed by atoms with E-state index in [0.29, 0.717) is 0 Å². The van der Waals surface area contributed by atoms with E-state index in [1.54, 1.807) is 11.8 Å². The molecule has 0 saturated carbocycles. The number of hydrazine groups is 1. The number of nitrogens with one attached hydrogen (secondary N) is 1. The van der Waals surface area contributed by atoms with Gasteiger partial charge in [-0.25, -0.2) is 0 Å². The molecular formula is C11H18N2S. The van der Waals surface area contributed by atoms with E-state index >= 15 is 0 Å². The Labute approximate surface area is 90.2 Å². The fourth-order valence-electron chi connectivity index (χ4n) is 1.61. The molecular weight excluding hydrogens is 192 g/mol. The zero-order valence-corrected chi connectivity index (χ0v) is 9.82. The molecule has 1 rings (SSSR count). The van der Waals surface area contributed by atoms with Gasteiger partial charge in [0, 0.05) is 5.75 Å². The highest BCUT2D eigenvalue weighted by atomic mass is 32.2. The number of nitrogens with two attached hydrogens (primary N) is 1. The van der Waals surface area contributed by atoms with Crippen molar-refractivity contribution in [2.24, 2.45) is 5.84 Å². The van der Waals surface area contributed by atoms with Crippen LogP contribution in [0.25, 0.3) is 0 Å². The van der Waals surface area contributed by atoms with Crippen molar-refractivity contribution in [1.29, 1.82) is 0 Å². The van der Waals surface area contributed by atoms with E-state index < -0.39 is 0 Å². The summed E-state index contributed by atoms with van der Waals surface area (Å²) in [6.07, 6.45) is 2.09. The molecule has 0 fully saturated rings. The third-order valence-corrected chi connectivity index (χ3v) is 3.00. The normalized spacial score (nSPS) is 12.9. The highest BCUT2D eigenvalue weighted by Crippen LogP contribution is 2.20. The Bertz CT molecular complexity index is 299. The lowest BCUT2D eigenvalue weighted by Crippen LogP contribution is -2.30. The molecule has 0 bridgehead atoms. The average molecular weight is 210 g/mol. The maximum atomic E-state index is 5.53. The largest absolute Gasteiger partial charge is 0.271 e. The van der Waals surface area contributed by atoms with Crippen LogP contribution in [-0.4, -0.2) is 12.0 Å². The van der Waals surface area contributed by atoms with Gasteiger partial charge >= 0.3 is 0 Å². The van der Waals surface area contributed by atoms with Gasteiger partial charge in [-0.3, -0.25) is 11.3 Å². The van der Waals surface area contributed by atoms with E-state index in [0.717, 1.165) is 5.75 Å². The smallest absolute Gasteiger partial charge is 0.0552 e. The summed E-state index contributed by atoms with van der Waals surface area (Å²) in [6.45, 7) is 4.24. The molecule has 0 heterocycles. The van der Waals surface area contributed by atoms with Gasteiger partial charge in [0.05, 0.1) is 6.04 Å². The first-order chi connectivity index (χ1) is 6.69. The van der Waals surface area contributed by atoms with Crippen molar-refractivity contribution in [3.63, 3.8) is 0 Å². The van der Waals surface area contributed by atoms with E-state index in [4.69, 9.17) is 5.84 Å². The number of hydrogen-bond acceptors (Lipinski definition) is 3. The van der Waals surface area contributed by atoms with E-state index in [1.165, 1.54) is 16.7 Å². The van der Waals surface area contributed by atoms with Crippen LogP contribution in [0.1, 0.15) is 22.7 Å². The van der Waals surface area contributed by atoms with Gasteiger partial charge in [0.25, 0.3) is 0 Å². The zero-order chi connectivity index (χ0) is 10.6. The number of thioether (sulfide) groups is 1. The Hall–Kier alpha value is -0.510. The molecule has 3 N–H and O–H groups in total. The molecule has 0 spiro atoms. The van der Waals surface area contributed by atoms with Crippen molar-refractivity contribution in [3.8, 4) is 0 Å². The van der Waals surface area contributed by atoms with E-state index in [-0.39, 0.29) is 6.04 Å².